The van der Waals surface area contributed by atoms with Crippen molar-refractivity contribution >= 4 is 17.0 Å². The summed E-state index contributed by atoms with van der Waals surface area (Å²) in [4.78, 5) is 12.5. The number of aliphatic hydroxyl groups excluding tert-OH is 3. The number of hydrogen-bond donors (Lipinski definition) is 4. The third-order valence-corrected chi connectivity index (χ3v) is 4.75. The van der Waals surface area contributed by atoms with Gasteiger partial charge in [0.25, 0.3) is 0 Å². The molecule has 1 saturated heterocycles. The summed E-state index contributed by atoms with van der Waals surface area (Å²) in [6.45, 7) is -0.213. The van der Waals surface area contributed by atoms with Crippen LogP contribution in [0.25, 0.3) is 11.2 Å². The van der Waals surface area contributed by atoms with Crippen molar-refractivity contribution in [2.45, 2.75) is 31.0 Å². The first-order chi connectivity index (χ1) is 14.0. The SMILES string of the molecule is Nc1nc(OCCc2ccc(F)cc2)nc2c1ncn2[C@@H]1O[C@H](CO)[C@@H](O)[C@@H]1O. The molecule has 1 aliphatic heterocycles. The summed E-state index contributed by atoms with van der Waals surface area (Å²) in [7, 11) is 0. The predicted octanol–water partition coefficient (Wildman–Crippen LogP) is -0.219. The Bertz CT molecular complexity index is 998. The molecule has 5 N–H and O–H groups in total. The zero-order valence-electron chi connectivity index (χ0n) is 15.2. The van der Waals surface area contributed by atoms with Crippen LogP contribution in [-0.4, -0.2) is 66.4 Å². The first-order valence-corrected chi connectivity index (χ1v) is 8.97. The maximum atomic E-state index is 13.0. The molecule has 2 aromatic heterocycles. The molecule has 0 spiro atoms. The molecule has 0 aliphatic carbocycles. The number of hydrogen-bond acceptors (Lipinski definition) is 9. The molecule has 0 radical (unpaired) electrons. The number of halogens is 1. The zero-order chi connectivity index (χ0) is 20.5. The first-order valence-electron chi connectivity index (χ1n) is 8.97. The van der Waals surface area contributed by atoms with E-state index in [4.69, 9.17) is 15.2 Å². The molecule has 154 valence electrons. The molecule has 10 nitrogen and oxygen atoms in total. The number of rotatable bonds is 6. The van der Waals surface area contributed by atoms with Crippen molar-refractivity contribution in [1.82, 2.24) is 19.5 Å². The molecule has 0 unspecified atom stereocenters. The Kier molecular flexibility index (Phi) is 5.28. The predicted molar refractivity (Wildman–Crippen MR) is 98.3 cm³/mol. The van der Waals surface area contributed by atoms with E-state index in [2.05, 4.69) is 15.0 Å². The van der Waals surface area contributed by atoms with Crippen LogP contribution in [0.2, 0.25) is 0 Å². The molecule has 0 saturated carbocycles. The maximum Gasteiger partial charge on any atom is 0.320 e. The Hall–Kier alpha value is -2.86. The van der Waals surface area contributed by atoms with Gasteiger partial charge in [-0.3, -0.25) is 4.57 Å². The van der Waals surface area contributed by atoms with Crippen LogP contribution in [0.1, 0.15) is 11.8 Å². The number of aliphatic hydroxyl groups is 3. The average molecular weight is 405 g/mol. The summed E-state index contributed by atoms with van der Waals surface area (Å²) in [5.74, 6) is -0.230. The van der Waals surface area contributed by atoms with Crippen LogP contribution >= 0.6 is 0 Å². The molecule has 3 heterocycles. The smallest absolute Gasteiger partial charge is 0.320 e. The van der Waals surface area contributed by atoms with Crippen LogP contribution in [0.15, 0.2) is 30.6 Å². The molecule has 3 aromatic rings. The van der Waals surface area contributed by atoms with Gasteiger partial charge in [-0.2, -0.15) is 9.97 Å². The van der Waals surface area contributed by atoms with Gasteiger partial charge >= 0.3 is 6.01 Å². The van der Waals surface area contributed by atoms with Gasteiger partial charge in [-0.05, 0) is 17.7 Å². The zero-order valence-corrected chi connectivity index (χ0v) is 15.2. The van der Waals surface area contributed by atoms with E-state index in [1.165, 1.54) is 23.0 Å². The lowest BCUT2D eigenvalue weighted by molar-refractivity contribution is -0.0511. The van der Waals surface area contributed by atoms with Gasteiger partial charge in [0.15, 0.2) is 23.2 Å². The van der Waals surface area contributed by atoms with Gasteiger partial charge in [0.05, 0.1) is 19.5 Å². The van der Waals surface area contributed by atoms with Gasteiger partial charge in [0, 0.05) is 6.42 Å². The largest absolute Gasteiger partial charge is 0.463 e. The lowest BCUT2D eigenvalue weighted by atomic mass is 10.1. The number of fused-ring (bicyclic) bond motifs is 1. The van der Waals surface area contributed by atoms with E-state index in [-0.39, 0.29) is 35.4 Å². The second-order valence-electron chi connectivity index (χ2n) is 6.67. The van der Waals surface area contributed by atoms with Crippen LogP contribution in [0.5, 0.6) is 6.01 Å². The Balaban J connectivity index is 1.54. The monoisotopic (exact) mass is 405 g/mol. The van der Waals surface area contributed by atoms with Crippen molar-refractivity contribution in [3.8, 4) is 6.01 Å². The van der Waals surface area contributed by atoms with Gasteiger partial charge in [0.2, 0.25) is 0 Å². The van der Waals surface area contributed by atoms with Crippen LogP contribution in [0.3, 0.4) is 0 Å². The molecule has 0 amide bonds. The summed E-state index contributed by atoms with van der Waals surface area (Å²) in [6, 6.07) is 6.07. The van der Waals surface area contributed by atoms with E-state index in [0.29, 0.717) is 6.42 Å². The third-order valence-electron chi connectivity index (χ3n) is 4.75. The summed E-state index contributed by atoms with van der Waals surface area (Å²) in [5, 5.41) is 29.5. The quantitative estimate of drug-likeness (QED) is 0.437. The summed E-state index contributed by atoms with van der Waals surface area (Å²) in [5.41, 5.74) is 7.37. The molecule has 4 atom stereocenters. The Morgan fingerprint density at radius 2 is 1.93 bits per heavy atom. The minimum atomic E-state index is -1.29. The highest BCUT2D eigenvalue weighted by Gasteiger charge is 2.44. The Morgan fingerprint density at radius 1 is 1.17 bits per heavy atom. The lowest BCUT2D eigenvalue weighted by Crippen LogP contribution is -2.33. The molecule has 4 rings (SSSR count). The van der Waals surface area contributed by atoms with E-state index in [1.807, 2.05) is 0 Å². The fourth-order valence-corrected chi connectivity index (χ4v) is 3.19. The molecule has 1 aromatic carbocycles. The van der Waals surface area contributed by atoms with Crippen LogP contribution < -0.4 is 10.5 Å². The highest BCUT2D eigenvalue weighted by atomic mass is 19.1. The number of ether oxygens (including phenoxy) is 2. The molecular weight excluding hydrogens is 385 g/mol. The van der Waals surface area contributed by atoms with E-state index in [1.54, 1.807) is 12.1 Å². The van der Waals surface area contributed by atoms with Crippen molar-refractivity contribution in [3.63, 3.8) is 0 Å². The number of nitrogens with two attached hydrogens (primary N) is 1. The number of benzene rings is 1. The van der Waals surface area contributed by atoms with Crippen molar-refractivity contribution in [1.29, 1.82) is 0 Å². The molecule has 1 fully saturated rings. The van der Waals surface area contributed by atoms with Crippen LogP contribution in [0.4, 0.5) is 10.2 Å². The number of nitrogens with zero attached hydrogens (tertiary/aromatic N) is 4. The minimum absolute atomic E-state index is 0.00519. The van der Waals surface area contributed by atoms with E-state index in [0.717, 1.165) is 5.56 Å². The summed E-state index contributed by atoms with van der Waals surface area (Å²) >= 11 is 0. The highest BCUT2D eigenvalue weighted by Crippen LogP contribution is 2.32. The van der Waals surface area contributed by atoms with E-state index >= 15 is 0 Å². The van der Waals surface area contributed by atoms with Gasteiger partial charge in [-0.15, -0.1) is 0 Å². The van der Waals surface area contributed by atoms with Crippen LogP contribution in [0, 0.1) is 5.82 Å². The molecular formula is C18H20FN5O5. The van der Waals surface area contributed by atoms with E-state index in [9.17, 15) is 19.7 Å². The molecule has 11 heteroatoms. The second-order valence-corrected chi connectivity index (χ2v) is 6.67. The van der Waals surface area contributed by atoms with Crippen molar-refractivity contribution in [3.05, 3.63) is 42.0 Å². The Labute approximate surface area is 164 Å². The molecule has 1 aliphatic rings. The molecule has 0 bridgehead atoms. The highest BCUT2D eigenvalue weighted by molar-refractivity contribution is 5.82. The maximum absolute atomic E-state index is 13.0. The summed E-state index contributed by atoms with van der Waals surface area (Å²) < 4.78 is 25.5. The fraction of sp³-hybridized carbons (Fsp3) is 0.389. The average Bonchev–Trinajstić information content (AvgIpc) is 3.25. The van der Waals surface area contributed by atoms with Crippen molar-refractivity contribution in [2.24, 2.45) is 0 Å². The van der Waals surface area contributed by atoms with Gasteiger partial charge < -0.3 is 30.5 Å². The number of imidazole rings is 1. The minimum Gasteiger partial charge on any atom is -0.463 e. The van der Waals surface area contributed by atoms with Crippen molar-refractivity contribution < 1.29 is 29.2 Å². The topological polar surface area (TPSA) is 149 Å². The van der Waals surface area contributed by atoms with Crippen molar-refractivity contribution in [2.75, 3.05) is 18.9 Å². The Morgan fingerprint density at radius 3 is 2.62 bits per heavy atom. The van der Waals surface area contributed by atoms with Gasteiger partial charge in [0.1, 0.15) is 24.1 Å². The van der Waals surface area contributed by atoms with Gasteiger partial charge in [-0.1, -0.05) is 12.1 Å². The number of anilines is 1. The van der Waals surface area contributed by atoms with E-state index < -0.39 is 31.1 Å². The first kappa shape index (κ1) is 19.5. The van der Waals surface area contributed by atoms with Gasteiger partial charge in [-0.25, -0.2) is 9.37 Å². The fourth-order valence-electron chi connectivity index (χ4n) is 3.19. The standard InChI is InChI=1S/C18H20FN5O5/c19-10-3-1-9(2-4-10)5-6-28-18-22-15(20)12-16(23-18)24(8-21-12)17-14(27)13(26)11(7-25)29-17/h1-4,8,11,13-14,17,25-27H,5-7H2,(H2,20,22,23)/t11-,13-,14+,17-/m1/s1. The molecule has 29 heavy (non-hydrogen) atoms. The third kappa shape index (κ3) is 3.72. The van der Waals surface area contributed by atoms with Crippen LogP contribution in [-0.2, 0) is 11.2 Å². The summed E-state index contributed by atoms with van der Waals surface area (Å²) in [6.07, 6.45) is -2.61. The lowest BCUT2D eigenvalue weighted by Gasteiger charge is -2.16. The normalized spacial score (nSPS) is 24.3. The second kappa shape index (κ2) is 7.87. The number of aromatic nitrogens is 4. The number of nitrogen functional groups attached to an aromatic ring is 1.